The topological polar surface area (TPSA) is 29.3 Å². The molecule has 0 fully saturated rings. The highest BCUT2D eigenvalue weighted by Crippen LogP contribution is 2.33. The van der Waals surface area contributed by atoms with Gasteiger partial charge >= 0.3 is 0 Å². The number of aryl methyl sites for hydroxylation is 4. The van der Waals surface area contributed by atoms with Gasteiger partial charge in [0.15, 0.2) is 0 Å². The largest absolute Gasteiger partial charge is 0.397 e. The molecule has 0 heterocycles. The highest BCUT2D eigenvalue weighted by atomic mass is 15.1. The fraction of sp³-hybridized carbons (Fsp3) is 0.294. The average molecular weight is 254 g/mol. The zero-order chi connectivity index (χ0) is 14.2. The molecule has 2 aromatic carbocycles. The van der Waals surface area contributed by atoms with Crippen LogP contribution in [0, 0.1) is 27.7 Å². The molecule has 2 N–H and O–H groups in total. The number of nitrogen functional groups attached to an aromatic ring is 1. The Morgan fingerprint density at radius 1 is 0.789 bits per heavy atom. The van der Waals surface area contributed by atoms with E-state index in [1.165, 1.54) is 27.9 Å². The first-order valence-corrected chi connectivity index (χ1v) is 6.58. The molecule has 0 atom stereocenters. The first-order valence-electron chi connectivity index (χ1n) is 6.58. The SMILES string of the molecule is Cc1ccc(N(C)c2cc(C)c(C)cc2N)c(C)c1. The first kappa shape index (κ1) is 13.5. The third-order valence-electron chi connectivity index (χ3n) is 3.72. The zero-order valence-electron chi connectivity index (χ0n) is 12.4. The lowest BCUT2D eigenvalue weighted by Crippen LogP contribution is -2.13. The van der Waals surface area contributed by atoms with E-state index in [0.717, 1.165) is 11.4 Å². The number of nitrogens with zero attached hydrogens (tertiary/aromatic N) is 1. The Morgan fingerprint density at radius 3 is 2.05 bits per heavy atom. The van der Waals surface area contributed by atoms with E-state index in [9.17, 15) is 0 Å². The minimum absolute atomic E-state index is 0.825. The van der Waals surface area contributed by atoms with Crippen LogP contribution in [-0.2, 0) is 0 Å². The number of anilines is 3. The molecular weight excluding hydrogens is 232 g/mol. The smallest absolute Gasteiger partial charge is 0.0644 e. The quantitative estimate of drug-likeness (QED) is 0.811. The zero-order valence-corrected chi connectivity index (χ0v) is 12.4. The molecule has 0 unspecified atom stereocenters. The summed E-state index contributed by atoms with van der Waals surface area (Å²) in [7, 11) is 2.07. The van der Waals surface area contributed by atoms with Crippen molar-refractivity contribution in [1.29, 1.82) is 0 Å². The lowest BCUT2D eigenvalue weighted by atomic mass is 10.1. The van der Waals surface area contributed by atoms with Crippen molar-refractivity contribution in [2.75, 3.05) is 17.7 Å². The Bertz CT molecular complexity index is 615. The number of hydrogen-bond acceptors (Lipinski definition) is 2. The van der Waals surface area contributed by atoms with Gasteiger partial charge in [-0.3, -0.25) is 0 Å². The van der Waals surface area contributed by atoms with E-state index >= 15 is 0 Å². The molecule has 2 rings (SSSR count). The molecule has 0 aliphatic carbocycles. The third-order valence-corrected chi connectivity index (χ3v) is 3.72. The monoisotopic (exact) mass is 254 g/mol. The lowest BCUT2D eigenvalue weighted by Gasteiger charge is -2.24. The van der Waals surface area contributed by atoms with E-state index < -0.39 is 0 Å². The van der Waals surface area contributed by atoms with Gasteiger partial charge in [-0.05, 0) is 62.6 Å². The molecule has 2 aromatic rings. The van der Waals surface area contributed by atoms with Gasteiger partial charge in [0.1, 0.15) is 0 Å². The van der Waals surface area contributed by atoms with Gasteiger partial charge in [-0.15, -0.1) is 0 Å². The maximum absolute atomic E-state index is 6.17. The normalized spacial score (nSPS) is 10.6. The first-order chi connectivity index (χ1) is 8.90. The second-order valence-corrected chi connectivity index (χ2v) is 5.34. The van der Waals surface area contributed by atoms with Crippen LogP contribution in [-0.4, -0.2) is 7.05 Å². The van der Waals surface area contributed by atoms with Crippen LogP contribution in [0.4, 0.5) is 17.1 Å². The summed E-state index contributed by atoms with van der Waals surface area (Å²) in [5.41, 5.74) is 14.3. The van der Waals surface area contributed by atoms with Crippen LogP contribution < -0.4 is 10.6 Å². The minimum Gasteiger partial charge on any atom is -0.397 e. The van der Waals surface area contributed by atoms with E-state index in [2.05, 4.69) is 63.9 Å². The summed E-state index contributed by atoms with van der Waals surface area (Å²) in [5, 5.41) is 0. The van der Waals surface area contributed by atoms with E-state index in [4.69, 9.17) is 5.73 Å². The molecule has 0 amide bonds. The Labute approximate surface area is 115 Å². The van der Waals surface area contributed by atoms with Crippen molar-refractivity contribution in [3.05, 3.63) is 52.6 Å². The van der Waals surface area contributed by atoms with Crippen molar-refractivity contribution in [1.82, 2.24) is 0 Å². The van der Waals surface area contributed by atoms with Crippen LogP contribution in [0.5, 0.6) is 0 Å². The van der Waals surface area contributed by atoms with Gasteiger partial charge in [-0.25, -0.2) is 0 Å². The molecule has 100 valence electrons. The molecule has 2 heteroatoms. The summed E-state index contributed by atoms with van der Waals surface area (Å²) >= 11 is 0. The Kier molecular flexibility index (Phi) is 3.52. The van der Waals surface area contributed by atoms with E-state index in [0.29, 0.717) is 0 Å². The van der Waals surface area contributed by atoms with Gasteiger partial charge in [0.05, 0.1) is 11.4 Å². The molecule has 0 aliphatic heterocycles. The fourth-order valence-corrected chi connectivity index (χ4v) is 2.43. The third kappa shape index (κ3) is 2.58. The number of rotatable bonds is 2. The van der Waals surface area contributed by atoms with Crippen molar-refractivity contribution >= 4 is 17.1 Å². The van der Waals surface area contributed by atoms with Gasteiger partial charge in [0, 0.05) is 12.7 Å². The Morgan fingerprint density at radius 2 is 1.42 bits per heavy atom. The molecule has 0 radical (unpaired) electrons. The second-order valence-electron chi connectivity index (χ2n) is 5.34. The predicted octanol–water partition coefficient (Wildman–Crippen LogP) is 4.27. The summed E-state index contributed by atoms with van der Waals surface area (Å²) in [6.07, 6.45) is 0. The van der Waals surface area contributed by atoms with E-state index in [1.807, 2.05) is 6.07 Å². The van der Waals surface area contributed by atoms with Crippen molar-refractivity contribution in [3.63, 3.8) is 0 Å². The molecule has 0 aromatic heterocycles. The van der Waals surface area contributed by atoms with Crippen LogP contribution in [0.1, 0.15) is 22.3 Å². The van der Waals surface area contributed by atoms with Crippen molar-refractivity contribution in [2.45, 2.75) is 27.7 Å². The van der Waals surface area contributed by atoms with Gasteiger partial charge in [0.25, 0.3) is 0 Å². The van der Waals surface area contributed by atoms with Crippen molar-refractivity contribution in [2.24, 2.45) is 0 Å². The summed E-state index contributed by atoms with van der Waals surface area (Å²) in [6, 6.07) is 10.7. The van der Waals surface area contributed by atoms with Crippen LogP contribution >= 0.6 is 0 Å². The summed E-state index contributed by atoms with van der Waals surface area (Å²) in [5.74, 6) is 0. The van der Waals surface area contributed by atoms with Crippen LogP contribution in [0.3, 0.4) is 0 Å². The summed E-state index contributed by atoms with van der Waals surface area (Å²) in [6.45, 7) is 8.46. The highest BCUT2D eigenvalue weighted by Gasteiger charge is 2.11. The van der Waals surface area contributed by atoms with E-state index in [-0.39, 0.29) is 0 Å². The number of nitrogens with two attached hydrogens (primary N) is 1. The molecule has 0 saturated carbocycles. The Balaban J connectivity index is 2.49. The predicted molar refractivity (Wildman–Crippen MR) is 84.3 cm³/mol. The van der Waals surface area contributed by atoms with Crippen LogP contribution in [0.15, 0.2) is 30.3 Å². The van der Waals surface area contributed by atoms with Crippen molar-refractivity contribution in [3.8, 4) is 0 Å². The molecule has 0 bridgehead atoms. The molecule has 0 aliphatic rings. The number of hydrogen-bond donors (Lipinski definition) is 1. The van der Waals surface area contributed by atoms with Gasteiger partial charge in [0.2, 0.25) is 0 Å². The van der Waals surface area contributed by atoms with E-state index in [1.54, 1.807) is 0 Å². The van der Waals surface area contributed by atoms with Gasteiger partial charge in [-0.2, -0.15) is 0 Å². The molecule has 19 heavy (non-hydrogen) atoms. The standard InChI is InChI=1S/C17H22N2/c1-11-6-7-16(14(4)8-11)19(5)17-10-13(3)12(2)9-15(17)18/h6-10H,18H2,1-5H3. The minimum atomic E-state index is 0.825. The summed E-state index contributed by atoms with van der Waals surface area (Å²) in [4.78, 5) is 2.16. The summed E-state index contributed by atoms with van der Waals surface area (Å²) < 4.78 is 0. The fourth-order valence-electron chi connectivity index (χ4n) is 2.43. The lowest BCUT2D eigenvalue weighted by molar-refractivity contribution is 1.17. The Hall–Kier alpha value is -1.96. The molecule has 2 nitrogen and oxygen atoms in total. The highest BCUT2D eigenvalue weighted by molar-refractivity contribution is 5.77. The van der Waals surface area contributed by atoms with Crippen molar-refractivity contribution < 1.29 is 0 Å². The number of benzene rings is 2. The average Bonchev–Trinajstić information content (AvgIpc) is 2.33. The second kappa shape index (κ2) is 4.96. The molecule has 0 saturated heterocycles. The molecular formula is C17H22N2. The van der Waals surface area contributed by atoms with Crippen LogP contribution in [0.25, 0.3) is 0 Å². The molecule has 0 spiro atoms. The maximum Gasteiger partial charge on any atom is 0.0644 e. The van der Waals surface area contributed by atoms with Crippen LogP contribution in [0.2, 0.25) is 0 Å². The maximum atomic E-state index is 6.17. The van der Waals surface area contributed by atoms with Gasteiger partial charge in [-0.1, -0.05) is 17.7 Å². The van der Waals surface area contributed by atoms with Gasteiger partial charge < -0.3 is 10.6 Å².